The maximum absolute atomic E-state index is 11.8. The van der Waals surface area contributed by atoms with Gasteiger partial charge in [-0.2, -0.15) is 0 Å². The maximum atomic E-state index is 11.8. The van der Waals surface area contributed by atoms with E-state index in [4.69, 9.17) is 14.2 Å². The molecule has 0 spiro atoms. The molecule has 7 nitrogen and oxygen atoms in total. The molecule has 1 aliphatic rings. The minimum Gasteiger partial charge on any atom is -0.459 e. The quantitative estimate of drug-likeness (QED) is 0.631. The molecule has 0 unspecified atom stereocenters. The second-order valence-electron chi connectivity index (χ2n) is 4.71. The highest BCUT2D eigenvalue weighted by molar-refractivity contribution is 5.89. The lowest BCUT2D eigenvalue weighted by molar-refractivity contribution is -0.294. The monoisotopic (exact) mass is 298 g/mol. The number of carbonyl (C=O) groups excluding carboxylic acids is 1. The van der Waals surface area contributed by atoms with Gasteiger partial charge in [-0.15, -0.1) is 0 Å². The molecule has 5 atom stereocenters. The Morgan fingerprint density at radius 3 is 2.43 bits per heavy atom. The zero-order valence-electron chi connectivity index (χ0n) is 11.5. The number of benzene rings is 1. The van der Waals surface area contributed by atoms with Crippen LogP contribution >= 0.6 is 0 Å². The number of hydrogen-bond donors (Lipinski definition) is 3. The third-order valence-electron chi connectivity index (χ3n) is 3.29. The number of esters is 1. The topological polar surface area (TPSA) is 105 Å². The van der Waals surface area contributed by atoms with Gasteiger partial charge in [-0.05, 0) is 12.1 Å². The van der Waals surface area contributed by atoms with Crippen LogP contribution in [0.3, 0.4) is 0 Å². The van der Waals surface area contributed by atoms with Crippen LogP contribution in [0.5, 0.6) is 0 Å². The number of aliphatic hydroxyl groups is 3. The molecule has 1 saturated heterocycles. The van der Waals surface area contributed by atoms with E-state index in [2.05, 4.69) is 0 Å². The van der Waals surface area contributed by atoms with Crippen molar-refractivity contribution in [1.29, 1.82) is 0 Å². The van der Waals surface area contributed by atoms with Crippen LogP contribution in [-0.4, -0.2) is 65.7 Å². The van der Waals surface area contributed by atoms with Crippen molar-refractivity contribution in [2.24, 2.45) is 0 Å². The molecule has 0 aromatic heterocycles. The zero-order chi connectivity index (χ0) is 15.4. The number of aliphatic hydroxyl groups excluding tert-OH is 3. The summed E-state index contributed by atoms with van der Waals surface area (Å²) in [5.74, 6) is -0.569. The first kappa shape index (κ1) is 15.9. The molecular formula is C14H18O7. The molecule has 0 bridgehead atoms. The third kappa shape index (κ3) is 3.58. The first-order valence-electron chi connectivity index (χ1n) is 6.49. The predicted molar refractivity (Wildman–Crippen MR) is 70.4 cm³/mol. The van der Waals surface area contributed by atoms with Gasteiger partial charge in [0.15, 0.2) is 6.29 Å². The molecule has 7 heteroatoms. The van der Waals surface area contributed by atoms with Crippen molar-refractivity contribution in [3.63, 3.8) is 0 Å². The summed E-state index contributed by atoms with van der Waals surface area (Å²) in [4.78, 5) is 11.8. The molecule has 2 rings (SSSR count). The van der Waals surface area contributed by atoms with Crippen molar-refractivity contribution < 1.29 is 34.3 Å². The van der Waals surface area contributed by atoms with E-state index in [0.29, 0.717) is 5.56 Å². The van der Waals surface area contributed by atoms with Crippen LogP contribution in [-0.2, 0) is 14.2 Å². The van der Waals surface area contributed by atoms with Gasteiger partial charge in [-0.1, -0.05) is 18.2 Å². The van der Waals surface area contributed by atoms with E-state index < -0.39 is 36.7 Å². The van der Waals surface area contributed by atoms with Crippen molar-refractivity contribution in [1.82, 2.24) is 0 Å². The van der Waals surface area contributed by atoms with Gasteiger partial charge in [-0.25, -0.2) is 4.79 Å². The average Bonchev–Trinajstić information content (AvgIpc) is 2.52. The van der Waals surface area contributed by atoms with Crippen LogP contribution in [0.1, 0.15) is 10.4 Å². The summed E-state index contributed by atoms with van der Waals surface area (Å²) in [6.07, 6.45) is -6.27. The largest absolute Gasteiger partial charge is 0.459 e. The van der Waals surface area contributed by atoms with Gasteiger partial charge in [0, 0.05) is 7.11 Å². The fourth-order valence-corrected chi connectivity index (χ4v) is 2.06. The van der Waals surface area contributed by atoms with Crippen molar-refractivity contribution in [2.75, 3.05) is 13.7 Å². The summed E-state index contributed by atoms with van der Waals surface area (Å²) < 4.78 is 15.2. The van der Waals surface area contributed by atoms with Gasteiger partial charge < -0.3 is 29.5 Å². The van der Waals surface area contributed by atoms with E-state index in [1.165, 1.54) is 7.11 Å². The standard InChI is InChI=1S/C14H18O7/c1-19-14-12(17)11(16)10(15)9(21-14)7-20-13(18)8-5-3-2-4-6-8/h2-6,9-12,14-17H,7H2,1H3/t9-,10-,11+,12-,14+/m1/s1. The highest BCUT2D eigenvalue weighted by Gasteiger charge is 2.44. The lowest BCUT2D eigenvalue weighted by Gasteiger charge is -2.39. The molecule has 0 saturated carbocycles. The summed E-state index contributed by atoms with van der Waals surface area (Å²) in [5, 5.41) is 29.1. The fraction of sp³-hybridized carbons (Fsp3) is 0.500. The predicted octanol–water partition coefficient (Wildman–Crippen LogP) is -0.703. The van der Waals surface area contributed by atoms with Gasteiger partial charge in [0.2, 0.25) is 0 Å². The molecular weight excluding hydrogens is 280 g/mol. The molecule has 1 heterocycles. The second-order valence-corrected chi connectivity index (χ2v) is 4.71. The van der Waals surface area contributed by atoms with Crippen LogP contribution in [0, 0.1) is 0 Å². The smallest absolute Gasteiger partial charge is 0.338 e. The van der Waals surface area contributed by atoms with Gasteiger partial charge in [0.05, 0.1) is 5.56 Å². The fourth-order valence-electron chi connectivity index (χ4n) is 2.06. The minimum atomic E-state index is -1.44. The van der Waals surface area contributed by atoms with Gasteiger partial charge >= 0.3 is 5.97 Å². The van der Waals surface area contributed by atoms with Crippen LogP contribution in [0.2, 0.25) is 0 Å². The van der Waals surface area contributed by atoms with Gasteiger partial charge in [-0.3, -0.25) is 0 Å². The molecule has 0 radical (unpaired) electrons. The molecule has 116 valence electrons. The number of ether oxygens (including phenoxy) is 3. The van der Waals surface area contributed by atoms with Crippen LogP contribution in [0.15, 0.2) is 30.3 Å². The van der Waals surface area contributed by atoms with Crippen molar-refractivity contribution in [3.8, 4) is 0 Å². The minimum absolute atomic E-state index is 0.265. The highest BCUT2D eigenvalue weighted by atomic mass is 16.7. The van der Waals surface area contributed by atoms with Crippen LogP contribution in [0.25, 0.3) is 0 Å². The summed E-state index contributed by atoms with van der Waals surface area (Å²) in [6, 6.07) is 8.35. The lowest BCUT2D eigenvalue weighted by Crippen LogP contribution is -2.59. The van der Waals surface area contributed by atoms with Crippen molar-refractivity contribution >= 4 is 5.97 Å². The Balaban J connectivity index is 1.94. The Morgan fingerprint density at radius 1 is 1.14 bits per heavy atom. The average molecular weight is 298 g/mol. The van der Waals surface area contributed by atoms with Crippen LogP contribution in [0.4, 0.5) is 0 Å². The number of rotatable bonds is 4. The molecule has 1 aromatic rings. The summed E-state index contributed by atoms with van der Waals surface area (Å²) in [5.41, 5.74) is 0.367. The number of methoxy groups -OCH3 is 1. The Kier molecular flexibility index (Phi) is 5.27. The number of hydrogen-bond acceptors (Lipinski definition) is 7. The summed E-state index contributed by atoms with van der Waals surface area (Å²) in [6.45, 7) is -0.265. The molecule has 0 aliphatic carbocycles. The van der Waals surface area contributed by atoms with E-state index in [9.17, 15) is 20.1 Å². The third-order valence-corrected chi connectivity index (χ3v) is 3.29. The molecule has 1 fully saturated rings. The van der Waals surface area contributed by atoms with Gasteiger partial charge in [0.25, 0.3) is 0 Å². The zero-order valence-corrected chi connectivity index (χ0v) is 11.5. The Hall–Kier alpha value is -1.51. The Labute approximate surface area is 121 Å². The van der Waals surface area contributed by atoms with E-state index in [0.717, 1.165) is 0 Å². The maximum Gasteiger partial charge on any atom is 0.338 e. The summed E-state index contributed by atoms with van der Waals surface area (Å²) >= 11 is 0. The van der Waals surface area contributed by atoms with Crippen molar-refractivity contribution in [3.05, 3.63) is 35.9 Å². The normalized spacial score (nSPS) is 32.7. The van der Waals surface area contributed by atoms with E-state index in [1.807, 2.05) is 0 Å². The molecule has 1 aromatic carbocycles. The summed E-state index contributed by atoms with van der Waals surface area (Å²) in [7, 11) is 1.30. The number of carbonyl (C=O) groups is 1. The molecule has 21 heavy (non-hydrogen) atoms. The van der Waals surface area contributed by atoms with E-state index in [1.54, 1.807) is 30.3 Å². The van der Waals surface area contributed by atoms with Crippen LogP contribution < -0.4 is 0 Å². The Bertz CT molecular complexity index is 462. The van der Waals surface area contributed by atoms with E-state index in [-0.39, 0.29) is 6.61 Å². The second kappa shape index (κ2) is 6.97. The van der Waals surface area contributed by atoms with E-state index >= 15 is 0 Å². The first-order chi connectivity index (χ1) is 10.0. The first-order valence-corrected chi connectivity index (χ1v) is 6.49. The van der Waals surface area contributed by atoms with Gasteiger partial charge in [0.1, 0.15) is 31.0 Å². The van der Waals surface area contributed by atoms with Crippen molar-refractivity contribution in [2.45, 2.75) is 30.7 Å². The highest BCUT2D eigenvalue weighted by Crippen LogP contribution is 2.22. The Morgan fingerprint density at radius 2 is 1.81 bits per heavy atom. The lowest BCUT2D eigenvalue weighted by atomic mass is 9.99. The molecule has 3 N–H and O–H groups in total. The SMILES string of the molecule is CO[C@H]1O[C@H](COC(=O)c2ccccc2)[C@@H](O)[C@H](O)[C@H]1O. The molecule has 1 aliphatic heterocycles. The molecule has 0 amide bonds.